The second-order valence-electron chi connectivity index (χ2n) is 4.49. The van der Waals surface area contributed by atoms with Gasteiger partial charge in [0.05, 0.1) is 6.54 Å². The van der Waals surface area contributed by atoms with E-state index in [1.54, 1.807) is 0 Å². The molecule has 1 unspecified atom stereocenters. The van der Waals surface area contributed by atoms with Crippen LogP contribution in [0.2, 0.25) is 0 Å². The highest BCUT2D eigenvalue weighted by Crippen LogP contribution is 2.16. The number of aliphatic imine (C=N–C) groups is 1. The minimum absolute atomic E-state index is 0.619. The Kier molecular flexibility index (Phi) is 4.49. The van der Waals surface area contributed by atoms with E-state index >= 15 is 0 Å². The molecule has 0 radical (unpaired) electrons. The molecule has 0 aromatic heterocycles. The van der Waals surface area contributed by atoms with Crippen molar-refractivity contribution in [3.05, 3.63) is 35.4 Å². The van der Waals surface area contributed by atoms with Gasteiger partial charge < -0.3 is 5.32 Å². The van der Waals surface area contributed by atoms with Crippen molar-refractivity contribution in [2.45, 2.75) is 39.3 Å². The summed E-state index contributed by atoms with van der Waals surface area (Å²) in [5.74, 6) is 1.19. The highest BCUT2D eigenvalue weighted by atomic mass is 32.2. The van der Waals surface area contributed by atoms with Crippen molar-refractivity contribution in [3.63, 3.8) is 0 Å². The van der Waals surface area contributed by atoms with Gasteiger partial charge in [0, 0.05) is 11.8 Å². The predicted molar refractivity (Wildman–Crippen MR) is 76.6 cm³/mol. The molecule has 2 rings (SSSR count). The van der Waals surface area contributed by atoms with Crippen molar-refractivity contribution in [3.8, 4) is 0 Å². The third-order valence-electron chi connectivity index (χ3n) is 3.05. The third kappa shape index (κ3) is 3.77. The fourth-order valence-electron chi connectivity index (χ4n) is 1.84. The van der Waals surface area contributed by atoms with Crippen molar-refractivity contribution in [1.29, 1.82) is 0 Å². The Morgan fingerprint density at radius 3 is 2.82 bits per heavy atom. The lowest BCUT2D eigenvalue weighted by atomic mass is 10.1. The minimum atomic E-state index is 0.619. The smallest absolute Gasteiger partial charge is 0.157 e. The average Bonchev–Trinajstić information content (AvgIpc) is 2.38. The van der Waals surface area contributed by atoms with Crippen LogP contribution in [0.4, 0.5) is 0 Å². The highest BCUT2D eigenvalue weighted by molar-refractivity contribution is 8.13. The van der Waals surface area contributed by atoms with E-state index in [4.69, 9.17) is 0 Å². The second-order valence-corrected chi connectivity index (χ2v) is 5.58. The largest absolute Gasteiger partial charge is 0.362 e. The molecule has 1 N–H and O–H groups in total. The molecule has 0 aliphatic carbocycles. The van der Waals surface area contributed by atoms with Gasteiger partial charge >= 0.3 is 0 Å². The Bertz CT molecular complexity index is 384. The number of aryl methyl sites for hydroxylation is 1. The molecule has 1 heterocycles. The molecule has 1 aliphatic heterocycles. The first-order valence-corrected chi connectivity index (χ1v) is 7.26. The van der Waals surface area contributed by atoms with Gasteiger partial charge in [0.25, 0.3) is 0 Å². The first kappa shape index (κ1) is 12.5. The summed E-state index contributed by atoms with van der Waals surface area (Å²) >= 11 is 1.84. The van der Waals surface area contributed by atoms with E-state index in [2.05, 4.69) is 48.4 Å². The van der Waals surface area contributed by atoms with Crippen molar-refractivity contribution in [2.24, 2.45) is 4.99 Å². The number of amidine groups is 1. The second kappa shape index (κ2) is 6.10. The lowest BCUT2D eigenvalue weighted by Crippen LogP contribution is -2.37. The van der Waals surface area contributed by atoms with E-state index in [0.29, 0.717) is 6.04 Å². The molecule has 1 saturated heterocycles. The molecule has 1 aromatic carbocycles. The van der Waals surface area contributed by atoms with E-state index in [0.717, 1.165) is 11.7 Å². The number of nitrogens with one attached hydrogen (secondary N) is 1. The highest BCUT2D eigenvalue weighted by Gasteiger charge is 2.14. The lowest BCUT2D eigenvalue weighted by molar-refractivity contribution is 0.570. The van der Waals surface area contributed by atoms with Gasteiger partial charge in [-0.1, -0.05) is 48.5 Å². The Morgan fingerprint density at radius 1 is 1.35 bits per heavy atom. The van der Waals surface area contributed by atoms with Crippen molar-refractivity contribution >= 4 is 16.9 Å². The Hall–Kier alpha value is -0.960. The van der Waals surface area contributed by atoms with Crippen molar-refractivity contribution in [1.82, 2.24) is 5.32 Å². The quantitative estimate of drug-likeness (QED) is 0.887. The monoisotopic (exact) mass is 248 g/mol. The molecular formula is C14H20N2S. The van der Waals surface area contributed by atoms with Gasteiger partial charge in [-0.05, 0) is 25.3 Å². The number of nitrogens with zero attached hydrogens (tertiary/aromatic N) is 1. The minimum Gasteiger partial charge on any atom is -0.362 e. The Morgan fingerprint density at radius 2 is 2.12 bits per heavy atom. The molecule has 1 atom stereocenters. The van der Waals surface area contributed by atoms with Gasteiger partial charge in [0.2, 0.25) is 0 Å². The van der Waals surface area contributed by atoms with Crippen LogP contribution in [-0.4, -0.2) is 17.0 Å². The summed E-state index contributed by atoms with van der Waals surface area (Å²) in [6.07, 6.45) is 2.44. The summed E-state index contributed by atoms with van der Waals surface area (Å²) in [7, 11) is 0. The van der Waals surface area contributed by atoms with E-state index in [9.17, 15) is 0 Å². The molecule has 1 aliphatic rings. The van der Waals surface area contributed by atoms with Crippen molar-refractivity contribution < 1.29 is 0 Å². The SMILES string of the molecule is CCC1CCSC(=NCc2ccc(C)cc2)N1. The maximum Gasteiger partial charge on any atom is 0.157 e. The van der Waals surface area contributed by atoms with Gasteiger partial charge in [-0.25, -0.2) is 0 Å². The van der Waals surface area contributed by atoms with Gasteiger partial charge in [-0.15, -0.1) is 0 Å². The molecule has 3 heteroatoms. The summed E-state index contributed by atoms with van der Waals surface area (Å²) in [5, 5.41) is 4.61. The maximum atomic E-state index is 4.65. The summed E-state index contributed by atoms with van der Waals surface area (Å²) < 4.78 is 0. The zero-order valence-electron chi connectivity index (χ0n) is 10.6. The van der Waals surface area contributed by atoms with Crippen LogP contribution in [0.25, 0.3) is 0 Å². The fraction of sp³-hybridized carbons (Fsp3) is 0.500. The molecular weight excluding hydrogens is 228 g/mol. The topological polar surface area (TPSA) is 24.4 Å². The maximum absolute atomic E-state index is 4.65. The summed E-state index contributed by atoms with van der Waals surface area (Å²) in [4.78, 5) is 4.65. The molecule has 92 valence electrons. The molecule has 0 bridgehead atoms. The average molecular weight is 248 g/mol. The van der Waals surface area contributed by atoms with Crippen LogP contribution in [-0.2, 0) is 6.54 Å². The van der Waals surface area contributed by atoms with E-state index < -0.39 is 0 Å². The summed E-state index contributed by atoms with van der Waals surface area (Å²) in [5.41, 5.74) is 2.58. The zero-order chi connectivity index (χ0) is 12.1. The molecule has 17 heavy (non-hydrogen) atoms. The molecule has 1 aromatic rings. The molecule has 0 amide bonds. The summed E-state index contributed by atoms with van der Waals surface area (Å²) in [6.45, 7) is 5.12. The van der Waals surface area contributed by atoms with Gasteiger partial charge in [-0.2, -0.15) is 0 Å². The standard InChI is InChI=1S/C14H20N2S/c1-3-13-8-9-17-14(16-13)15-10-12-6-4-11(2)5-7-12/h4-7,13H,3,8-10H2,1-2H3,(H,15,16). The first-order valence-electron chi connectivity index (χ1n) is 6.27. The molecule has 2 nitrogen and oxygen atoms in total. The van der Waals surface area contributed by atoms with E-state index in [1.165, 1.54) is 29.7 Å². The molecule has 0 saturated carbocycles. The number of hydrogen-bond acceptors (Lipinski definition) is 2. The normalized spacial score (nSPS) is 22.5. The number of thioether (sulfide) groups is 1. The first-order chi connectivity index (χ1) is 8.28. The van der Waals surface area contributed by atoms with Crippen LogP contribution in [0.3, 0.4) is 0 Å². The number of hydrogen-bond donors (Lipinski definition) is 1. The van der Waals surface area contributed by atoms with Gasteiger partial charge in [0.1, 0.15) is 0 Å². The van der Waals surface area contributed by atoms with E-state index in [1.807, 2.05) is 11.8 Å². The zero-order valence-corrected chi connectivity index (χ0v) is 11.4. The molecule has 0 spiro atoms. The van der Waals surface area contributed by atoms with Gasteiger partial charge in [0.15, 0.2) is 5.17 Å². The predicted octanol–water partition coefficient (Wildman–Crippen LogP) is 3.36. The van der Waals surface area contributed by atoms with Crippen LogP contribution in [0.15, 0.2) is 29.3 Å². The van der Waals surface area contributed by atoms with Crippen LogP contribution < -0.4 is 5.32 Å². The van der Waals surface area contributed by atoms with Crippen molar-refractivity contribution in [2.75, 3.05) is 5.75 Å². The van der Waals surface area contributed by atoms with Crippen LogP contribution >= 0.6 is 11.8 Å². The number of benzene rings is 1. The third-order valence-corrected chi connectivity index (χ3v) is 4.01. The van der Waals surface area contributed by atoms with Crippen LogP contribution in [0.5, 0.6) is 0 Å². The van der Waals surface area contributed by atoms with Crippen LogP contribution in [0.1, 0.15) is 30.9 Å². The lowest BCUT2D eigenvalue weighted by Gasteiger charge is -2.24. The molecule has 1 fully saturated rings. The Balaban J connectivity index is 1.93. The fourth-order valence-corrected chi connectivity index (χ4v) is 2.84. The summed E-state index contributed by atoms with van der Waals surface area (Å²) in [6, 6.07) is 9.22. The number of rotatable bonds is 3. The van der Waals surface area contributed by atoms with Gasteiger partial charge in [-0.3, -0.25) is 4.99 Å². The Labute approximate surface area is 108 Å². The van der Waals surface area contributed by atoms with E-state index in [-0.39, 0.29) is 0 Å². The van der Waals surface area contributed by atoms with Crippen LogP contribution in [0, 0.1) is 6.92 Å².